The van der Waals surface area contributed by atoms with E-state index in [1.54, 1.807) is 26.2 Å². The van der Waals surface area contributed by atoms with E-state index in [1.165, 1.54) is 6.08 Å². The zero-order valence-electron chi connectivity index (χ0n) is 32.7. The third-order valence-corrected chi connectivity index (χ3v) is 13.8. The number of unbranched alkanes of at least 4 members (excludes halogenated alkanes) is 1. The summed E-state index contributed by atoms with van der Waals surface area (Å²) in [6.45, 7) is 11.9. The summed E-state index contributed by atoms with van der Waals surface area (Å²) in [6.07, 6.45) is 25.0. The van der Waals surface area contributed by atoms with Crippen LogP contribution >= 0.6 is 0 Å². The van der Waals surface area contributed by atoms with E-state index in [0.29, 0.717) is 18.4 Å². The molecule has 2 aromatic carbocycles. The van der Waals surface area contributed by atoms with Crippen LogP contribution in [0.15, 0.2) is 144 Å². The molecule has 0 fully saturated rings. The van der Waals surface area contributed by atoms with E-state index in [0.717, 1.165) is 35.2 Å². The molecule has 0 heterocycles. The number of methoxy groups -OCH3 is 1. The molecule has 0 spiro atoms. The maximum Gasteiger partial charge on any atom is 0.333 e. The molecule has 286 valence electrons. The minimum Gasteiger partial charge on any atom is -0.478 e. The van der Waals surface area contributed by atoms with Crippen molar-refractivity contribution in [2.75, 3.05) is 20.5 Å². The number of benzene rings is 2. The van der Waals surface area contributed by atoms with Gasteiger partial charge in [0, 0.05) is 25.4 Å². The first-order valence-electron chi connectivity index (χ1n) is 18.3. The van der Waals surface area contributed by atoms with Gasteiger partial charge in [0.1, 0.15) is 0 Å². The second-order valence-corrected chi connectivity index (χ2v) is 18.4. The molecule has 0 aromatic heterocycles. The summed E-state index contributed by atoms with van der Waals surface area (Å²) in [4.78, 5) is 23.9. The normalized spacial score (nSPS) is 14.8. The highest BCUT2D eigenvalue weighted by Crippen LogP contribution is 2.36. The number of esters is 1. The first-order valence-corrected chi connectivity index (χ1v) is 20.3. The van der Waals surface area contributed by atoms with Crippen LogP contribution < -0.4 is 10.4 Å². The second kappa shape index (κ2) is 24.1. The highest BCUT2D eigenvalue weighted by molar-refractivity contribution is 6.99. The predicted octanol–water partition coefficient (Wildman–Crippen LogP) is 8.79. The summed E-state index contributed by atoms with van der Waals surface area (Å²) < 4.78 is 17.9. The van der Waals surface area contributed by atoms with Crippen molar-refractivity contribution in [3.63, 3.8) is 0 Å². The lowest BCUT2D eigenvalue weighted by Crippen LogP contribution is -2.66. The van der Waals surface area contributed by atoms with Crippen molar-refractivity contribution in [1.29, 1.82) is 0 Å². The summed E-state index contributed by atoms with van der Waals surface area (Å²) >= 11 is 0. The van der Waals surface area contributed by atoms with Gasteiger partial charge >= 0.3 is 11.9 Å². The topological polar surface area (TPSA) is 102 Å². The minimum atomic E-state index is -2.83. The van der Waals surface area contributed by atoms with Crippen LogP contribution in [0.5, 0.6) is 0 Å². The van der Waals surface area contributed by atoms with Crippen molar-refractivity contribution in [3.8, 4) is 0 Å². The van der Waals surface area contributed by atoms with Crippen LogP contribution in [0.1, 0.15) is 73.6 Å². The molecule has 0 radical (unpaired) electrons. The van der Waals surface area contributed by atoms with Gasteiger partial charge < -0.3 is 24.1 Å². The molecule has 2 N–H and O–H groups in total. The van der Waals surface area contributed by atoms with Crippen LogP contribution in [0.3, 0.4) is 0 Å². The maximum atomic E-state index is 12.9. The molecule has 0 bridgehead atoms. The Morgan fingerprint density at radius 1 is 0.849 bits per heavy atom. The lowest BCUT2D eigenvalue weighted by Gasteiger charge is -2.42. The largest absolute Gasteiger partial charge is 0.478 e. The molecular formula is C45H60O7Si. The van der Waals surface area contributed by atoms with Crippen molar-refractivity contribution in [3.05, 3.63) is 144 Å². The lowest BCUT2D eigenvalue weighted by atomic mass is 10.0. The third kappa shape index (κ3) is 15.7. The number of carbonyl (C=O) groups excluding carboxylic acids is 1. The smallest absolute Gasteiger partial charge is 0.333 e. The molecular weight excluding hydrogens is 681 g/mol. The fourth-order valence-electron chi connectivity index (χ4n) is 5.81. The third-order valence-electron chi connectivity index (χ3n) is 8.87. The second-order valence-electron chi connectivity index (χ2n) is 14.1. The number of aliphatic carboxylic acids is 1. The van der Waals surface area contributed by atoms with Gasteiger partial charge in [0.25, 0.3) is 8.32 Å². The van der Waals surface area contributed by atoms with E-state index < -0.39 is 20.3 Å². The number of hydrogen-bond acceptors (Lipinski definition) is 6. The molecule has 0 aliphatic carbocycles. The van der Waals surface area contributed by atoms with Gasteiger partial charge in [-0.3, -0.25) is 0 Å². The molecule has 0 aliphatic rings. The SMILES string of the molecule is CO[C@H](C/C=C\C=C\CC/C=C/C[C@H](C)/C=C/C(=C\C(=O)OCO[Si](c1ccccc1)(c1ccccc1)C(C)(C)C)CCO)/C(C)=C\C=C(/C)C(=O)O. The summed E-state index contributed by atoms with van der Waals surface area (Å²) in [7, 11) is -1.18. The number of rotatable bonds is 22. The Hall–Kier alpha value is -4.34. The average molecular weight is 741 g/mol. The fraction of sp³-hybridized carbons (Fsp3) is 0.378. The van der Waals surface area contributed by atoms with E-state index in [1.807, 2.05) is 67.6 Å². The Kier molecular flexibility index (Phi) is 20.3. The lowest BCUT2D eigenvalue weighted by molar-refractivity contribution is -0.144. The van der Waals surface area contributed by atoms with Crippen molar-refractivity contribution >= 4 is 30.6 Å². The zero-order valence-corrected chi connectivity index (χ0v) is 33.7. The number of aliphatic hydroxyl groups excluding tert-OH is 1. The van der Waals surface area contributed by atoms with Gasteiger partial charge in [-0.1, -0.05) is 149 Å². The quantitative estimate of drug-likeness (QED) is 0.0237. The number of carboxylic acids is 1. The molecule has 0 amide bonds. The van der Waals surface area contributed by atoms with Crippen LogP contribution in [0.2, 0.25) is 5.04 Å². The summed E-state index contributed by atoms with van der Waals surface area (Å²) in [6, 6.07) is 20.4. The first kappa shape index (κ1) is 44.8. The minimum absolute atomic E-state index is 0.0748. The molecule has 53 heavy (non-hydrogen) atoms. The van der Waals surface area contributed by atoms with Crippen LogP contribution in [0.4, 0.5) is 0 Å². The Labute approximate surface area is 318 Å². The average Bonchev–Trinajstić information content (AvgIpc) is 3.13. The first-order chi connectivity index (χ1) is 25.3. The van der Waals surface area contributed by atoms with Crippen molar-refractivity contribution in [2.45, 2.75) is 84.8 Å². The zero-order chi connectivity index (χ0) is 39.1. The van der Waals surface area contributed by atoms with Gasteiger partial charge in [-0.15, -0.1) is 0 Å². The Bertz CT molecular complexity index is 1570. The van der Waals surface area contributed by atoms with Crippen LogP contribution in [-0.4, -0.2) is 57.1 Å². The number of allylic oxidation sites excluding steroid dienone is 9. The summed E-state index contributed by atoms with van der Waals surface area (Å²) in [5.41, 5.74) is 1.95. The number of carboxylic acid groups (broad SMARTS) is 1. The number of aliphatic hydroxyl groups is 1. The fourth-order valence-corrected chi connectivity index (χ4v) is 10.2. The maximum absolute atomic E-state index is 12.9. The van der Waals surface area contributed by atoms with Crippen molar-refractivity contribution in [1.82, 2.24) is 0 Å². The van der Waals surface area contributed by atoms with E-state index >= 15 is 0 Å². The number of carbonyl (C=O) groups is 2. The molecule has 0 saturated heterocycles. The van der Waals surface area contributed by atoms with Crippen LogP contribution in [-0.2, 0) is 23.5 Å². The van der Waals surface area contributed by atoms with E-state index in [4.69, 9.17) is 19.0 Å². The van der Waals surface area contributed by atoms with Gasteiger partial charge in [-0.05, 0) is 78.4 Å². The Morgan fingerprint density at radius 2 is 1.45 bits per heavy atom. The molecule has 2 rings (SSSR count). The van der Waals surface area contributed by atoms with Crippen LogP contribution in [0.25, 0.3) is 0 Å². The highest BCUT2D eigenvalue weighted by atomic mass is 28.4. The molecule has 0 saturated carbocycles. The Morgan fingerprint density at radius 3 is 2.02 bits per heavy atom. The van der Waals surface area contributed by atoms with E-state index in [2.05, 4.69) is 76.3 Å². The number of hydrogen-bond donors (Lipinski definition) is 2. The molecule has 0 aliphatic heterocycles. The number of ether oxygens (including phenoxy) is 2. The molecule has 8 heteroatoms. The molecule has 2 aromatic rings. The predicted molar refractivity (Wildman–Crippen MR) is 220 cm³/mol. The van der Waals surface area contributed by atoms with Crippen molar-refractivity contribution < 1.29 is 33.7 Å². The van der Waals surface area contributed by atoms with E-state index in [-0.39, 0.29) is 36.0 Å². The van der Waals surface area contributed by atoms with Crippen LogP contribution in [0, 0.1) is 5.92 Å². The molecule has 0 unspecified atom stereocenters. The van der Waals surface area contributed by atoms with E-state index in [9.17, 15) is 14.7 Å². The monoisotopic (exact) mass is 740 g/mol. The van der Waals surface area contributed by atoms with Crippen molar-refractivity contribution in [2.24, 2.45) is 5.92 Å². The molecule has 7 nitrogen and oxygen atoms in total. The van der Waals surface area contributed by atoms with Gasteiger partial charge in [0.15, 0.2) is 6.79 Å². The van der Waals surface area contributed by atoms with Gasteiger partial charge in [0.2, 0.25) is 0 Å². The van der Waals surface area contributed by atoms with Gasteiger partial charge in [-0.25, -0.2) is 9.59 Å². The Balaban J connectivity index is 1.88. The molecule has 2 atom stereocenters. The standard InChI is InChI=1S/C45H60O7Si/c1-36(22-16-12-10-8-9-11-13-21-27-42(50-7)37(2)29-30-38(3)44(48)49)28-31-39(32-33-46)34-43(47)51-35-52-53(45(4,5)6,40-23-17-14-18-24-40)41-25-19-15-20-26-41/h9,11-21,23-26,28-31,34,36,42,46H,8,10,22,27,32-33,35H2,1-7H3,(H,48,49)/b11-9+,16-12+,21-13-,31-28+,37-29-,38-30+,39-34+/t36-,42+/m0/s1. The summed E-state index contributed by atoms with van der Waals surface area (Å²) in [5.74, 6) is -1.19. The van der Waals surface area contributed by atoms with Gasteiger partial charge in [0.05, 0.1) is 6.10 Å². The highest BCUT2D eigenvalue weighted by Gasteiger charge is 2.50. The summed E-state index contributed by atoms with van der Waals surface area (Å²) in [5, 5.41) is 20.6. The van der Waals surface area contributed by atoms with Gasteiger partial charge in [-0.2, -0.15) is 0 Å².